The number of hydrogen-bond donors (Lipinski definition) is 1. The predicted molar refractivity (Wildman–Crippen MR) is 107 cm³/mol. The highest BCUT2D eigenvalue weighted by atomic mass is 32.2. The standard InChI is InChI=1S/C20H15FN2OS2/c21-15-8-6-14(7-9-15)16-11-26-20-18(16)19(24)22-17(23-20)12-25-10-13-4-2-1-3-5-13/h1-9,11H,10,12H2,(H,22,23,24). The fraction of sp³-hybridized carbons (Fsp3) is 0.100. The second-order valence-corrected chi connectivity index (χ2v) is 7.67. The summed E-state index contributed by atoms with van der Waals surface area (Å²) in [5, 5.41) is 2.47. The minimum atomic E-state index is -0.293. The van der Waals surface area contributed by atoms with Gasteiger partial charge >= 0.3 is 0 Å². The SMILES string of the molecule is O=c1[nH]c(CSCc2ccccc2)nc2scc(-c3ccc(F)cc3)c12. The van der Waals surface area contributed by atoms with Crippen molar-refractivity contribution in [1.82, 2.24) is 9.97 Å². The zero-order valence-electron chi connectivity index (χ0n) is 13.7. The summed E-state index contributed by atoms with van der Waals surface area (Å²) in [5.74, 6) is 1.89. The van der Waals surface area contributed by atoms with Gasteiger partial charge < -0.3 is 4.98 Å². The predicted octanol–water partition coefficient (Wildman–Crippen LogP) is 5.22. The molecular formula is C20H15FN2OS2. The Hall–Kier alpha value is -2.44. The number of nitrogens with one attached hydrogen (secondary N) is 1. The Bertz CT molecular complexity index is 1090. The zero-order valence-corrected chi connectivity index (χ0v) is 15.4. The van der Waals surface area contributed by atoms with Gasteiger partial charge in [0.25, 0.3) is 5.56 Å². The van der Waals surface area contributed by atoms with E-state index in [1.807, 2.05) is 23.6 Å². The third kappa shape index (κ3) is 3.57. The van der Waals surface area contributed by atoms with E-state index in [0.29, 0.717) is 21.8 Å². The lowest BCUT2D eigenvalue weighted by atomic mass is 10.1. The Morgan fingerprint density at radius 2 is 1.81 bits per heavy atom. The van der Waals surface area contributed by atoms with Gasteiger partial charge in [0.15, 0.2) is 0 Å². The minimum Gasteiger partial charge on any atom is -0.309 e. The molecule has 6 heteroatoms. The number of rotatable bonds is 5. The molecule has 0 atom stereocenters. The van der Waals surface area contributed by atoms with E-state index in [2.05, 4.69) is 22.1 Å². The van der Waals surface area contributed by atoms with Crippen LogP contribution in [0.5, 0.6) is 0 Å². The first kappa shape index (κ1) is 17.0. The molecule has 2 heterocycles. The van der Waals surface area contributed by atoms with E-state index in [1.165, 1.54) is 29.0 Å². The fourth-order valence-electron chi connectivity index (χ4n) is 2.74. The van der Waals surface area contributed by atoms with E-state index < -0.39 is 0 Å². The first-order valence-corrected chi connectivity index (χ1v) is 10.1. The van der Waals surface area contributed by atoms with Gasteiger partial charge in [0.1, 0.15) is 16.5 Å². The Balaban J connectivity index is 1.58. The highest BCUT2D eigenvalue weighted by Crippen LogP contribution is 2.31. The first-order valence-electron chi connectivity index (χ1n) is 8.09. The Kier molecular flexibility index (Phi) is 4.86. The summed E-state index contributed by atoms with van der Waals surface area (Å²) in [5.41, 5.74) is 2.71. The van der Waals surface area contributed by atoms with Crippen LogP contribution in [0.2, 0.25) is 0 Å². The van der Waals surface area contributed by atoms with Gasteiger partial charge in [0.05, 0.1) is 11.1 Å². The molecule has 0 aliphatic heterocycles. The number of halogens is 1. The van der Waals surface area contributed by atoms with Gasteiger partial charge in [-0.15, -0.1) is 23.1 Å². The van der Waals surface area contributed by atoms with Crippen LogP contribution in [0.3, 0.4) is 0 Å². The molecule has 2 aromatic heterocycles. The third-order valence-electron chi connectivity index (χ3n) is 4.00. The van der Waals surface area contributed by atoms with Crippen molar-refractivity contribution in [2.45, 2.75) is 11.5 Å². The monoisotopic (exact) mass is 382 g/mol. The van der Waals surface area contributed by atoms with Gasteiger partial charge in [-0.2, -0.15) is 0 Å². The summed E-state index contributed by atoms with van der Waals surface area (Å²) in [7, 11) is 0. The van der Waals surface area contributed by atoms with E-state index in [-0.39, 0.29) is 11.4 Å². The topological polar surface area (TPSA) is 45.8 Å². The summed E-state index contributed by atoms with van der Waals surface area (Å²) in [6, 6.07) is 16.4. The Morgan fingerprint density at radius 3 is 2.58 bits per heavy atom. The van der Waals surface area contributed by atoms with Gasteiger partial charge in [-0.1, -0.05) is 42.5 Å². The van der Waals surface area contributed by atoms with Crippen molar-refractivity contribution in [3.63, 3.8) is 0 Å². The molecule has 0 amide bonds. The van der Waals surface area contributed by atoms with E-state index in [1.54, 1.807) is 23.9 Å². The molecule has 1 N–H and O–H groups in total. The van der Waals surface area contributed by atoms with Gasteiger partial charge in [0, 0.05) is 16.7 Å². The summed E-state index contributed by atoms with van der Waals surface area (Å²) in [6.07, 6.45) is 0. The molecule has 0 bridgehead atoms. The maximum absolute atomic E-state index is 13.1. The summed E-state index contributed by atoms with van der Waals surface area (Å²) >= 11 is 3.15. The van der Waals surface area contributed by atoms with Crippen LogP contribution < -0.4 is 5.56 Å². The second kappa shape index (κ2) is 7.43. The number of aromatic nitrogens is 2. The lowest BCUT2D eigenvalue weighted by Crippen LogP contribution is -2.10. The number of thiophene rings is 1. The maximum atomic E-state index is 13.1. The highest BCUT2D eigenvalue weighted by molar-refractivity contribution is 7.97. The normalized spacial score (nSPS) is 11.1. The number of fused-ring (bicyclic) bond motifs is 1. The fourth-order valence-corrected chi connectivity index (χ4v) is 4.57. The maximum Gasteiger partial charge on any atom is 0.260 e. The number of thioether (sulfide) groups is 1. The number of aromatic amines is 1. The lowest BCUT2D eigenvalue weighted by molar-refractivity contribution is 0.628. The number of H-pyrrole nitrogens is 1. The number of hydrogen-bond acceptors (Lipinski definition) is 4. The van der Waals surface area contributed by atoms with Gasteiger partial charge in [0.2, 0.25) is 0 Å². The Labute approximate surface area is 157 Å². The molecule has 0 fully saturated rings. The van der Waals surface area contributed by atoms with Crippen molar-refractivity contribution in [2.75, 3.05) is 0 Å². The molecule has 0 spiro atoms. The Morgan fingerprint density at radius 1 is 1.04 bits per heavy atom. The van der Waals surface area contributed by atoms with E-state index in [0.717, 1.165) is 16.9 Å². The quantitative estimate of drug-likeness (QED) is 0.514. The van der Waals surface area contributed by atoms with Crippen LogP contribution in [0, 0.1) is 5.82 Å². The van der Waals surface area contributed by atoms with Crippen molar-refractivity contribution >= 4 is 33.3 Å². The molecule has 130 valence electrons. The summed E-state index contributed by atoms with van der Waals surface area (Å²) in [4.78, 5) is 20.8. The molecule has 4 aromatic rings. The molecular weight excluding hydrogens is 367 g/mol. The molecule has 0 radical (unpaired) electrons. The van der Waals surface area contributed by atoms with Crippen LogP contribution in [-0.4, -0.2) is 9.97 Å². The van der Waals surface area contributed by atoms with E-state index in [9.17, 15) is 9.18 Å². The molecule has 0 saturated heterocycles. The average molecular weight is 382 g/mol. The zero-order chi connectivity index (χ0) is 17.9. The van der Waals surface area contributed by atoms with Crippen molar-refractivity contribution in [2.24, 2.45) is 0 Å². The van der Waals surface area contributed by atoms with Crippen molar-refractivity contribution in [1.29, 1.82) is 0 Å². The van der Waals surface area contributed by atoms with Gasteiger partial charge in [-0.05, 0) is 23.3 Å². The molecule has 3 nitrogen and oxygen atoms in total. The minimum absolute atomic E-state index is 0.147. The number of nitrogens with zero attached hydrogens (tertiary/aromatic N) is 1. The second-order valence-electron chi connectivity index (χ2n) is 5.83. The van der Waals surface area contributed by atoms with E-state index in [4.69, 9.17) is 0 Å². The molecule has 26 heavy (non-hydrogen) atoms. The van der Waals surface area contributed by atoms with E-state index >= 15 is 0 Å². The van der Waals surface area contributed by atoms with Crippen LogP contribution in [0.25, 0.3) is 21.3 Å². The lowest BCUT2D eigenvalue weighted by Gasteiger charge is -2.03. The summed E-state index contributed by atoms with van der Waals surface area (Å²) in [6.45, 7) is 0. The van der Waals surface area contributed by atoms with Gasteiger partial charge in [-0.25, -0.2) is 9.37 Å². The number of benzene rings is 2. The van der Waals surface area contributed by atoms with Crippen molar-refractivity contribution < 1.29 is 4.39 Å². The van der Waals surface area contributed by atoms with Crippen LogP contribution in [0.15, 0.2) is 64.8 Å². The highest BCUT2D eigenvalue weighted by Gasteiger charge is 2.13. The van der Waals surface area contributed by atoms with Crippen LogP contribution in [-0.2, 0) is 11.5 Å². The first-order chi connectivity index (χ1) is 12.7. The molecule has 0 aliphatic carbocycles. The smallest absolute Gasteiger partial charge is 0.260 e. The molecule has 2 aromatic carbocycles. The third-order valence-corrected chi connectivity index (χ3v) is 5.89. The largest absolute Gasteiger partial charge is 0.309 e. The molecule has 0 saturated carbocycles. The van der Waals surface area contributed by atoms with Crippen LogP contribution in [0.4, 0.5) is 4.39 Å². The molecule has 0 unspecified atom stereocenters. The van der Waals surface area contributed by atoms with Crippen molar-refractivity contribution in [3.05, 3.63) is 87.5 Å². The van der Waals surface area contributed by atoms with Crippen molar-refractivity contribution in [3.8, 4) is 11.1 Å². The summed E-state index contributed by atoms with van der Waals surface area (Å²) < 4.78 is 13.1. The van der Waals surface area contributed by atoms with Gasteiger partial charge in [-0.3, -0.25) is 4.79 Å². The molecule has 4 rings (SSSR count). The van der Waals surface area contributed by atoms with Crippen LogP contribution in [0.1, 0.15) is 11.4 Å². The molecule has 0 aliphatic rings. The van der Waals surface area contributed by atoms with Crippen LogP contribution >= 0.6 is 23.1 Å². The average Bonchev–Trinajstić information content (AvgIpc) is 3.08.